The van der Waals surface area contributed by atoms with Crippen LogP contribution in [0.15, 0.2) is 110 Å². The van der Waals surface area contributed by atoms with E-state index < -0.39 is 0 Å². The number of rotatable bonds is 8. The van der Waals surface area contributed by atoms with Crippen molar-refractivity contribution in [2.24, 2.45) is 0 Å². The molecule has 4 aliphatic rings. The monoisotopic (exact) mass is 724 g/mol. The molecule has 0 radical (unpaired) electrons. The summed E-state index contributed by atoms with van der Waals surface area (Å²) in [5, 5.41) is 8.36. The molecule has 12 heteroatoms. The summed E-state index contributed by atoms with van der Waals surface area (Å²) in [6.45, 7) is 6.63. The predicted molar refractivity (Wildman–Crippen MR) is 202 cm³/mol. The lowest BCUT2D eigenvalue weighted by Gasteiger charge is -2.26. The van der Waals surface area contributed by atoms with Crippen LogP contribution in [-0.2, 0) is 13.1 Å². The molecular formula is C42H44N8O4. The van der Waals surface area contributed by atoms with Crippen LogP contribution in [0.5, 0.6) is 23.0 Å². The van der Waals surface area contributed by atoms with E-state index in [0.717, 1.165) is 60.6 Å². The maximum Gasteiger partial charge on any atom is 0.161 e. The van der Waals surface area contributed by atoms with Crippen molar-refractivity contribution >= 4 is 0 Å². The van der Waals surface area contributed by atoms with E-state index in [1.807, 2.05) is 12.1 Å². The van der Waals surface area contributed by atoms with Crippen molar-refractivity contribution in [1.82, 2.24) is 39.3 Å². The average Bonchev–Trinajstić information content (AvgIpc) is 4.08. The van der Waals surface area contributed by atoms with Crippen LogP contribution >= 0.6 is 0 Å². The van der Waals surface area contributed by atoms with Gasteiger partial charge in [0.2, 0.25) is 0 Å². The Hall–Kier alpha value is -5.72. The first-order valence-corrected chi connectivity index (χ1v) is 18.9. The molecule has 2 aromatic heterocycles. The zero-order chi connectivity index (χ0) is 36.1. The number of nitrogens with zero attached hydrogens (tertiary/aromatic N) is 8. The minimum absolute atomic E-state index is 0.427. The summed E-state index contributed by atoms with van der Waals surface area (Å²) >= 11 is 0. The smallest absolute Gasteiger partial charge is 0.161 e. The van der Waals surface area contributed by atoms with Crippen LogP contribution in [0.2, 0.25) is 0 Å². The fourth-order valence-corrected chi connectivity index (χ4v) is 7.98. The molecule has 0 N–H and O–H groups in total. The third kappa shape index (κ3) is 7.53. The molecule has 6 heterocycles. The lowest BCUT2D eigenvalue weighted by molar-refractivity contribution is 0.170. The maximum atomic E-state index is 5.77. The molecule has 0 saturated carbocycles. The van der Waals surface area contributed by atoms with E-state index in [1.54, 1.807) is 34.7 Å². The first-order valence-electron chi connectivity index (χ1n) is 18.9. The van der Waals surface area contributed by atoms with E-state index in [-0.39, 0.29) is 0 Å². The van der Waals surface area contributed by atoms with Crippen LogP contribution in [-0.4, -0.2) is 78.8 Å². The van der Waals surface area contributed by atoms with Crippen LogP contribution in [0.4, 0.5) is 0 Å². The first kappa shape index (κ1) is 34.1. The molecule has 4 aliphatic heterocycles. The highest BCUT2D eigenvalue weighted by molar-refractivity contribution is 5.46. The van der Waals surface area contributed by atoms with Gasteiger partial charge in [-0.2, -0.15) is 10.2 Å². The lowest BCUT2D eigenvalue weighted by atomic mass is 10.0. The number of hydrogen-bond donors (Lipinski definition) is 0. The van der Waals surface area contributed by atoms with Gasteiger partial charge in [0, 0.05) is 25.2 Å². The zero-order valence-corrected chi connectivity index (χ0v) is 30.2. The van der Waals surface area contributed by atoms with Crippen LogP contribution in [0.3, 0.4) is 0 Å². The van der Waals surface area contributed by atoms with Crippen molar-refractivity contribution in [1.29, 1.82) is 0 Å². The van der Waals surface area contributed by atoms with Gasteiger partial charge in [-0.25, -0.2) is 19.3 Å². The van der Waals surface area contributed by atoms with Gasteiger partial charge in [0.25, 0.3) is 0 Å². The Kier molecular flexibility index (Phi) is 9.91. The van der Waals surface area contributed by atoms with Gasteiger partial charge in [-0.3, -0.25) is 9.80 Å². The molecule has 12 nitrogen and oxygen atoms in total. The number of ether oxygens (including phenoxy) is 4. The summed E-state index contributed by atoms with van der Waals surface area (Å²) in [7, 11) is 0. The fourth-order valence-electron chi connectivity index (χ4n) is 7.98. The van der Waals surface area contributed by atoms with Crippen LogP contribution in [0.25, 0.3) is 11.4 Å². The number of benzene rings is 4. The molecule has 276 valence electrons. The Morgan fingerprint density at radius 3 is 1.33 bits per heavy atom. The van der Waals surface area contributed by atoms with E-state index in [1.165, 1.54) is 47.9 Å². The van der Waals surface area contributed by atoms with Gasteiger partial charge in [0.05, 0.1) is 11.4 Å². The Bertz CT molecular complexity index is 1970. The highest BCUT2D eigenvalue weighted by Crippen LogP contribution is 2.40. The summed E-state index contributed by atoms with van der Waals surface area (Å²) in [6.07, 6.45) is 11.3. The van der Waals surface area contributed by atoms with Crippen molar-refractivity contribution in [3.63, 3.8) is 0 Å². The number of fused-ring (bicyclic) bond motifs is 2. The van der Waals surface area contributed by atoms with Crippen molar-refractivity contribution < 1.29 is 18.9 Å². The molecule has 6 aromatic rings. The van der Waals surface area contributed by atoms with Gasteiger partial charge in [-0.1, -0.05) is 36.4 Å². The number of hydrogen-bond acceptors (Lipinski definition) is 10. The van der Waals surface area contributed by atoms with Crippen LogP contribution < -0.4 is 18.9 Å². The van der Waals surface area contributed by atoms with Crippen molar-refractivity contribution in [2.45, 2.75) is 50.9 Å². The fraction of sp³-hybridized carbons (Fsp3) is 0.333. The SMILES string of the molecule is c1ncn(-c2ccc(CN3CCC[C@@H]3c3ccc4c(c3)OCCO4)cc2)n1.c1ncn(-c2ccc(CN3CCC[C@H]3c3ccc4c(c3)OCCO4)cc2)n1. The van der Waals surface area contributed by atoms with Crippen molar-refractivity contribution in [3.05, 3.63) is 132 Å². The summed E-state index contributed by atoms with van der Waals surface area (Å²) in [4.78, 5) is 13.1. The molecule has 0 unspecified atom stereocenters. The van der Waals surface area contributed by atoms with E-state index >= 15 is 0 Å². The van der Waals surface area contributed by atoms with Gasteiger partial charge in [0.1, 0.15) is 51.7 Å². The normalized spacial score (nSPS) is 19.3. The molecule has 2 atom stereocenters. The minimum Gasteiger partial charge on any atom is -0.486 e. The van der Waals surface area contributed by atoms with E-state index in [9.17, 15) is 0 Å². The number of aromatic nitrogens is 6. The quantitative estimate of drug-likeness (QED) is 0.167. The van der Waals surface area contributed by atoms with E-state index in [0.29, 0.717) is 38.5 Å². The topological polar surface area (TPSA) is 105 Å². The molecule has 10 rings (SSSR count). The van der Waals surface area contributed by atoms with Gasteiger partial charge in [-0.05, 0) is 110 Å². The summed E-state index contributed by atoms with van der Waals surface area (Å²) in [5.41, 5.74) is 7.31. The Balaban J connectivity index is 0.000000142. The minimum atomic E-state index is 0.427. The Labute approximate surface area is 314 Å². The summed E-state index contributed by atoms with van der Waals surface area (Å²) in [6, 6.07) is 30.7. The average molecular weight is 725 g/mol. The molecular weight excluding hydrogens is 681 g/mol. The first-order chi connectivity index (χ1) is 26.7. The Morgan fingerprint density at radius 2 is 0.926 bits per heavy atom. The summed E-state index contributed by atoms with van der Waals surface area (Å²) < 4.78 is 26.4. The number of likely N-dealkylation sites (tertiary alicyclic amines) is 2. The molecule has 0 bridgehead atoms. The van der Waals surface area contributed by atoms with Gasteiger partial charge in [-0.15, -0.1) is 0 Å². The second-order valence-electron chi connectivity index (χ2n) is 14.1. The van der Waals surface area contributed by atoms with Crippen molar-refractivity contribution in [2.75, 3.05) is 39.5 Å². The zero-order valence-electron chi connectivity index (χ0n) is 30.2. The highest BCUT2D eigenvalue weighted by Gasteiger charge is 2.29. The van der Waals surface area contributed by atoms with Gasteiger partial charge in [0.15, 0.2) is 23.0 Å². The van der Waals surface area contributed by atoms with Crippen LogP contribution in [0, 0.1) is 0 Å². The predicted octanol–water partition coefficient (Wildman–Crippen LogP) is 6.75. The molecule has 2 saturated heterocycles. The Morgan fingerprint density at radius 1 is 0.500 bits per heavy atom. The highest BCUT2D eigenvalue weighted by atomic mass is 16.6. The largest absolute Gasteiger partial charge is 0.486 e. The molecule has 4 aromatic carbocycles. The second kappa shape index (κ2) is 15.7. The molecule has 54 heavy (non-hydrogen) atoms. The summed E-state index contributed by atoms with van der Waals surface area (Å²) in [5.74, 6) is 3.47. The van der Waals surface area contributed by atoms with E-state index in [4.69, 9.17) is 18.9 Å². The maximum absolute atomic E-state index is 5.77. The molecule has 2 fully saturated rings. The molecule has 0 amide bonds. The lowest BCUT2D eigenvalue weighted by Crippen LogP contribution is -2.23. The molecule has 0 spiro atoms. The third-order valence-corrected chi connectivity index (χ3v) is 10.6. The second-order valence-corrected chi connectivity index (χ2v) is 14.1. The van der Waals surface area contributed by atoms with E-state index in [2.05, 4.69) is 103 Å². The van der Waals surface area contributed by atoms with Crippen molar-refractivity contribution in [3.8, 4) is 34.4 Å². The third-order valence-electron chi connectivity index (χ3n) is 10.6. The van der Waals surface area contributed by atoms with Crippen LogP contribution in [0.1, 0.15) is 60.0 Å². The standard InChI is InChI=1S/2C21H22N4O2/c2*1-2-19(17-5-8-20-21(12-17)27-11-10-26-20)24(9-1)13-16-3-6-18(7-4-16)25-15-22-14-23-25/h2*3-8,12,14-15,19H,1-2,9-11,13H2/t2*19-/m10/s1. The van der Waals surface area contributed by atoms with Gasteiger partial charge >= 0.3 is 0 Å². The van der Waals surface area contributed by atoms with Gasteiger partial charge < -0.3 is 18.9 Å². The molecule has 0 aliphatic carbocycles.